The van der Waals surface area contributed by atoms with Crippen LogP contribution in [0, 0.1) is 6.92 Å². The van der Waals surface area contributed by atoms with Gasteiger partial charge in [-0.25, -0.2) is 4.79 Å². The fourth-order valence-corrected chi connectivity index (χ4v) is 1.57. The van der Waals surface area contributed by atoms with Gasteiger partial charge in [0.05, 0.1) is 0 Å². The second-order valence-corrected chi connectivity index (χ2v) is 5.38. The Bertz CT molecular complexity index is 509. The highest BCUT2D eigenvalue weighted by molar-refractivity contribution is 5.91. The van der Waals surface area contributed by atoms with Crippen LogP contribution in [0.5, 0.6) is 5.75 Å². The van der Waals surface area contributed by atoms with Gasteiger partial charge in [-0.05, 0) is 44.9 Å². The third-order valence-electron chi connectivity index (χ3n) is 3.09. The van der Waals surface area contributed by atoms with Crippen LogP contribution in [0.4, 0.5) is 0 Å². The Labute approximate surface area is 118 Å². The number of nitrogens with one attached hydrogen (secondary N) is 1. The molecule has 0 aliphatic rings. The highest BCUT2D eigenvalue weighted by Gasteiger charge is 2.19. The first kappa shape index (κ1) is 16.0. The number of carbonyl (C=O) groups is 2. The van der Waals surface area contributed by atoms with E-state index in [1.807, 2.05) is 27.7 Å². The summed E-state index contributed by atoms with van der Waals surface area (Å²) in [5.74, 6) is -1.13. The van der Waals surface area contributed by atoms with Crippen molar-refractivity contribution in [2.75, 3.05) is 6.61 Å². The molecule has 20 heavy (non-hydrogen) atoms. The summed E-state index contributed by atoms with van der Waals surface area (Å²) >= 11 is 0. The first-order chi connectivity index (χ1) is 9.25. The van der Waals surface area contributed by atoms with Crippen LogP contribution in [0.25, 0.3) is 0 Å². The molecule has 5 nitrogen and oxygen atoms in total. The number of carboxylic acid groups (broad SMARTS) is 1. The van der Waals surface area contributed by atoms with E-state index in [0.29, 0.717) is 0 Å². The van der Waals surface area contributed by atoms with E-state index in [0.717, 1.165) is 12.0 Å². The van der Waals surface area contributed by atoms with Gasteiger partial charge in [-0.3, -0.25) is 4.79 Å². The van der Waals surface area contributed by atoms with Crippen molar-refractivity contribution < 1.29 is 19.4 Å². The minimum atomic E-state index is -1.07. The molecule has 0 radical (unpaired) electrons. The lowest BCUT2D eigenvalue weighted by atomic mass is 10.0. The molecule has 0 saturated heterocycles. The van der Waals surface area contributed by atoms with Crippen molar-refractivity contribution in [2.45, 2.75) is 39.7 Å². The normalized spacial score (nSPS) is 11.0. The van der Waals surface area contributed by atoms with Gasteiger partial charge in [0.1, 0.15) is 11.3 Å². The van der Waals surface area contributed by atoms with E-state index in [1.54, 1.807) is 12.1 Å². The number of carboxylic acids is 1. The van der Waals surface area contributed by atoms with Crippen molar-refractivity contribution in [1.29, 1.82) is 0 Å². The predicted octanol–water partition coefficient (Wildman–Crippen LogP) is 2.38. The largest absolute Gasteiger partial charge is 0.483 e. The Kier molecular flexibility index (Phi) is 5.13. The predicted molar refractivity (Wildman–Crippen MR) is 76.1 cm³/mol. The summed E-state index contributed by atoms with van der Waals surface area (Å²) in [6, 6.07) is 4.78. The van der Waals surface area contributed by atoms with E-state index >= 15 is 0 Å². The summed E-state index contributed by atoms with van der Waals surface area (Å²) in [6.07, 6.45) is 0.795. The van der Waals surface area contributed by atoms with Crippen molar-refractivity contribution in [1.82, 2.24) is 5.32 Å². The average Bonchev–Trinajstić information content (AvgIpc) is 2.35. The second-order valence-electron chi connectivity index (χ2n) is 5.38. The summed E-state index contributed by atoms with van der Waals surface area (Å²) < 4.78 is 5.34. The van der Waals surface area contributed by atoms with Crippen LogP contribution in [0.2, 0.25) is 0 Å². The van der Waals surface area contributed by atoms with Crippen molar-refractivity contribution in [3.63, 3.8) is 0 Å². The van der Waals surface area contributed by atoms with Crippen LogP contribution in [0.3, 0.4) is 0 Å². The minimum Gasteiger partial charge on any atom is -0.483 e. The van der Waals surface area contributed by atoms with Crippen LogP contribution in [0.15, 0.2) is 18.2 Å². The summed E-state index contributed by atoms with van der Waals surface area (Å²) in [4.78, 5) is 22.8. The Morgan fingerprint density at radius 2 is 2.00 bits per heavy atom. The Morgan fingerprint density at radius 3 is 2.55 bits per heavy atom. The summed E-state index contributed by atoms with van der Waals surface area (Å²) in [5.41, 5.74) is 0.625. The molecule has 0 aromatic heterocycles. The van der Waals surface area contributed by atoms with Crippen molar-refractivity contribution >= 4 is 11.9 Å². The molecule has 0 heterocycles. The second kappa shape index (κ2) is 6.41. The molecular formula is C15H21NO4. The molecule has 1 rings (SSSR count). The van der Waals surface area contributed by atoms with Crippen molar-refractivity contribution in [3.8, 4) is 5.75 Å². The molecular weight excluding hydrogens is 258 g/mol. The number of hydrogen-bond acceptors (Lipinski definition) is 3. The molecule has 0 bridgehead atoms. The monoisotopic (exact) mass is 279 g/mol. The van der Waals surface area contributed by atoms with E-state index in [1.165, 1.54) is 6.07 Å². The molecule has 0 atom stereocenters. The molecule has 0 aliphatic carbocycles. The van der Waals surface area contributed by atoms with Gasteiger partial charge < -0.3 is 15.2 Å². The molecule has 0 fully saturated rings. The molecule has 110 valence electrons. The standard InChI is InChI=1S/C15H21NO4/c1-5-15(3,4)16-13(17)9-20-12-8-10(2)6-7-11(12)14(18)19/h6-8H,5,9H2,1-4H3,(H,16,17)(H,18,19). The van der Waals surface area contributed by atoms with Crippen LogP contribution in [-0.2, 0) is 4.79 Å². The number of rotatable bonds is 6. The lowest BCUT2D eigenvalue weighted by Crippen LogP contribution is -2.44. The molecule has 0 spiro atoms. The van der Waals surface area contributed by atoms with E-state index in [-0.39, 0.29) is 29.4 Å². The van der Waals surface area contributed by atoms with Crippen LogP contribution < -0.4 is 10.1 Å². The topological polar surface area (TPSA) is 75.6 Å². The minimum absolute atomic E-state index is 0.0538. The Hall–Kier alpha value is -2.04. The number of ether oxygens (including phenoxy) is 1. The smallest absolute Gasteiger partial charge is 0.339 e. The van der Waals surface area contributed by atoms with Crippen molar-refractivity contribution in [3.05, 3.63) is 29.3 Å². The Morgan fingerprint density at radius 1 is 1.35 bits per heavy atom. The Balaban J connectivity index is 2.73. The number of hydrogen-bond donors (Lipinski definition) is 2. The molecule has 0 unspecified atom stereocenters. The first-order valence-electron chi connectivity index (χ1n) is 6.53. The van der Waals surface area contributed by atoms with E-state index in [9.17, 15) is 9.59 Å². The lowest BCUT2D eigenvalue weighted by molar-refractivity contribution is -0.124. The van der Waals surface area contributed by atoms with Crippen LogP contribution >= 0.6 is 0 Å². The van der Waals surface area contributed by atoms with Gasteiger partial charge in [0.2, 0.25) is 0 Å². The summed E-state index contributed by atoms with van der Waals surface area (Å²) in [7, 11) is 0. The van der Waals surface area contributed by atoms with E-state index in [2.05, 4.69) is 5.32 Å². The van der Waals surface area contributed by atoms with E-state index < -0.39 is 5.97 Å². The van der Waals surface area contributed by atoms with E-state index in [4.69, 9.17) is 9.84 Å². The number of aromatic carboxylic acids is 1. The van der Waals surface area contributed by atoms with Crippen molar-refractivity contribution in [2.24, 2.45) is 0 Å². The summed E-state index contributed by atoms with van der Waals surface area (Å²) in [5, 5.41) is 11.9. The van der Waals surface area contributed by atoms with Gasteiger partial charge in [0.15, 0.2) is 6.61 Å². The number of aryl methyl sites for hydroxylation is 1. The van der Waals surface area contributed by atoms with Gasteiger partial charge in [-0.2, -0.15) is 0 Å². The number of amides is 1. The van der Waals surface area contributed by atoms with Gasteiger partial charge in [-0.15, -0.1) is 0 Å². The lowest BCUT2D eigenvalue weighted by Gasteiger charge is -2.24. The van der Waals surface area contributed by atoms with Gasteiger partial charge in [0, 0.05) is 5.54 Å². The summed E-state index contributed by atoms with van der Waals surface area (Å²) in [6.45, 7) is 7.44. The highest BCUT2D eigenvalue weighted by Crippen LogP contribution is 2.20. The zero-order chi connectivity index (χ0) is 15.3. The van der Waals surface area contributed by atoms with Gasteiger partial charge >= 0.3 is 5.97 Å². The highest BCUT2D eigenvalue weighted by atomic mass is 16.5. The molecule has 2 N–H and O–H groups in total. The molecule has 1 aromatic carbocycles. The average molecular weight is 279 g/mol. The molecule has 0 saturated carbocycles. The fourth-order valence-electron chi connectivity index (χ4n) is 1.57. The number of carbonyl (C=O) groups excluding carboxylic acids is 1. The van der Waals surface area contributed by atoms with Gasteiger partial charge in [0.25, 0.3) is 5.91 Å². The first-order valence-corrected chi connectivity index (χ1v) is 6.53. The fraction of sp³-hybridized carbons (Fsp3) is 0.467. The number of benzene rings is 1. The van der Waals surface area contributed by atoms with Gasteiger partial charge in [-0.1, -0.05) is 13.0 Å². The third-order valence-corrected chi connectivity index (χ3v) is 3.09. The SMILES string of the molecule is CCC(C)(C)NC(=O)COc1cc(C)ccc1C(=O)O. The zero-order valence-corrected chi connectivity index (χ0v) is 12.3. The molecule has 1 amide bonds. The molecule has 5 heteroatoms. The quantitative estimate of drug-likeness (QED) is 0.838. The maximum atomic E-state index is 11.8. The maximum absolute atomic E-state index is 11.8. The maximum Gasteiger partial charge on any atom is 0.339 e. The third kappa shape index (κ3) is 4.57. The van der Waals surface area contributed by atoms with Crippen LogP contribution in [-0.4, -0.2) is 29.1 Å². The molecule has 0 aliphatic heterocycles. The zero-order valence-electron chi connectivity index (χ0n) is 12.3. The molecule has 1 aromatic rings. The van der Waals surface area contributed by atoms with Crippen LogP contribution in [0.1, 0.15) is 43.1 Å².